The molecule has 0 aromatic carbocycles. The molecule has 1 aliphatic rings. The van der Waals surface area contributed by atoms with Crippen LogP contribution in [0.5, 0.6) is 0 Å². The Labute approximate surface area is 115 Å². The second-order valence-corrected chi connectivity index (χ2v) is 6.24. The molecule has 1 fully saturated rings. The van der Waals surface area contributed by atoms with Crippen molar-refractivity contribution in [2.75, 3.05) is 6.54 Å². The van der Waals surface area contributed by atoms with Gasteiger partial charge in [-0.3, -0.25) is 0 Å². The van der Waals surface area contributed by atoms with Crippen molar-refractivity contribution >= 4 is 0 Å². The first kappa shape index (κ1) is 16.0. The minimum atomic E-state index is 0.483. The average molecular weight is 253 g/mol. The van der Waals surface area contributed by atoms with Crippen molar-refractivity contribution in [1.82, 2.24) is 5.32 Å². The quantitative estimate of drug-likeness (QED) is 0.596. The molecule has 1 aliphatic heterocycles. The zero-order valence-corrected chi connectivity index (χ0v) is 12.9. The molecule has 0 aliphatic carbocycles. The topological polar surface area (TPSA) is 12.0 Å². The standard InChI is InChI=1S/C17H35N/c1-3-5-6-8-11-14-17(4-2)15-12-9-7-10-13-16-18-17/h18H,3-16H2,1-2H3. The van der Waals surface area contributed by atoms with E-state index in [9.17, 15) is 0 Å². The van der Waals surface area contributed by atoms with Crippen molar-refractivity contribution in [2.45, 2.75) is 103 Å². The summed E-state index contributed by atoms with van der Waals surface area (Å²) in [5, 5.41) is 3.92. The zero-order chi connectivity index (χ0) is 13.1. The van der Waals surface area contributed by atoms with E-state index < -0.39 is 0 Å². The summed E-state index contributed by atoms with van der Waals surface area (Å²) in [7, 11) is 0. The largest absolute Gasteiger partial charge is 0.311 e. The molecule has 1 heterocycles. The maximum atomic E-state index is 3.92. The molecule has 0 bridgehead atoms. The number of rotatable bonds is 7. The van der Waals surface area contributed by atoms with Gasteiger partial charge < -0.3 is 5.32 Å². The molecule has 0 aromatic heterocycles. The molecule has 1 rings (SSSR count). The number of nitrogens with one attached hydrogen (secondary N) is 1. The summed E-state index contributed by atoms with van der Waals surface area (Å²) < 4.78 is 0. The lowest BCUT2D eigenvalue weighted by atomic mass is 9.84. The van der Waals surface area contributed by atoms with E-state index in [-0.39, 0.29) is 0 Å². The highest BCUT2D eigenvalue weighted by molar-refractivity contribution is 4.87. The molecule has 18 heavy (non-hydrogen) atoms. The van der Waals surface area contributed by atoms with Crippen molar-refractivity contribution in [3.63, 3.8) is 0 Å². The molecule has 1 heteroatoms. The van der Waals surface area contributed by atoms with E-state index in [0.29, 0.717) is 5.54 Å². The predicted octanol–water partition coefficient (Wildman–Crippen LogP) is 5.44. The first-order valence-electron chi connectivity index (χ1n) is 8.58. The van der Waals surface area contributed by atoms with E-state index in [4.69, 9.17) is 0 Å². The lowest BCUT2D eigenvalue weighted by Crippen LogP contribution is -2.45. The SMILES string of the molecule is CCCCCCCC1(CC)CCCCCCCN1. The van der Waals surface area contributed by atoms with Gasteiger partial charge in [-0.1, -0.05) is 71.6 Å². The van der Waals surface area contributed by atoms with E-state index in [2.05, 4.69) is 19.2 Å². The predicted molar refractivity (Wildman–Crippen MR) is 82.1 cm³/mol. The molecule has 1 nitrogen and oxygen atoms in total. The number of hydrogen-bond donors (Lipinski definition) is 1. The van der Waals surface area contributed by atoms with Gasteiger partial charge in [0.15, 0.2) is 0 Å². The molecule has 1 N–H and O–H groups in total. The van der Waals surface area contributed by atoms with Gasteiger partial charge in [0, 0.05) is 5.54 Å². The summed E-state index contributed by atoms with van der Waals surface area (Å²) >= 11 is 0. The monoisotopic (exact) mass is 253 g/mol. The van der Waals surface area contributed by atoms with Crippen LogP contribution in [-0.4, -0.2) is 12.1 Å². The highest BCUT2D eigenvalue weighted by Crippen LogP contribution is 2.27. The molecule has 0 saturated carbocycles. The summed E-state index contributed by atoms with van der Waals surface area (Å²) in [6.07, 6.45) is 18.4. The second-order valence-electron chi connectivity index (χ2n) is 6.24. The maximum Gasteiger partial charge on any atom is 0.0178 e. The van der Waals surface area contributed by atoms with Crippen LogP contribution in [0.3, 0.4) is 0 Å². The van der Waals surface area contributed by atoms with Gasteiger partial charge in [0.2, 0.25) is 0 Å². The maximum absolute atomic E-state index is 3.92. The average Bonchev–Trinajstić information content (AvgIpc) is 2.51. The van der Waals surface area contributed by atoms with Crippen LogP contribution in [0.25, 0.3) is 0 Å². The molecule has 0 aromatic rings. The second kappa shape index (κ2) is 9.83. The van der Waals surface area contributed by atoms with E-state index in [0.717, 1.165) is 0 Å². The fraction of sp³-hybridized carbons (Fsp3) is 1.00. The number of hydrogen-bond acceptors (Lipinski definition) is 1. The van der Waals surface area contributed by atoms with E-state index >= 15 is 0 Å². The Morgan fingerprint density at radius 3 is 2.33 bits per heavy atom. The van der Waals surface area contributed by atoms with Crippen molar-refractivity contribution in [3.05, 3.63) is 0 Å². The van der Waals surface area contributed by atoms with Gasteiger partial charge in [0.25, 0.3) is 0 Å². The van der Waals surface area contributed by atoms with Gasteiger partial charge in [0.05, 0.1) is 0 Å². The van der Waals surface area contributed by atoms with Gasteiger partial charge in [-0.15, -0.1) is 0 Å². The van der Waals surface area contributed by atoms with Crippen LogP contribution in [0.2, 0.25) is 0 Å². The Kier molecular flexibility index (Phi) is 8.75. The molecule has 1 atom stereocenters. The minimum absolute atomic E-state index is 0.483. The third-order valence-corrected chi connectivity index (χ3v) is 4.77. The summed E-state index contributed by atoms with van der Waals surface area (Å²) in [5.74, 6) is 0. The van der Waals surface area contributed by atoms with Crippen LogP contribution < -0.4 is 5.32 Å². The fourth-order valence-electron chi connectivity index (χ4n) is 3.32. The van der Waals surface area contributed by atoms with E-state index in [1.807, 2.05) is 0 Å². The summed E-state index contributed by atoms with van der Waals surface area (Å²) in [6.45, 7) is 5.94. The van der Waals surface area contributed by atoms with E-state index in [1.165, 1.54) is 90.0 Å². The summed E-state index contributed by atoms with van der Waals surface area (Å²) in [5.41, 5.74) is 0.483. The lowest BCUT2D eigenvalue weighted by molar-refractivity contribution is 0.258. The van der Waals surface area contributed by atoms with Gasteiger partial charge in [-0.05, 0) is 32.2 Å². The van der Waals surface area contributed by atoms with Crippen LogP contribution in [0.1, 0.15) is 97.3 Å². The van der Waals surface area contributed by atoms with Crippen molar-refractivity contribution < 1.29 is 0 Å². The first-order chi connectivity index (χ1) is 8.83. The molecule has 1 unspecified atom stereocenters. The van der Waals surface area contributed by atoms with Crippen LogP contribution >= 0.6 is 0 Å². The van der Waals surface area contributed by atoms with Crippen LogP contribution in [-0.2, 0) is 0 Å². The Morgan fingerprint density at radius 2 is 1.56 bits per heavy atom. The van der Waals surface area contributed by atoms with Crippen LogP contribution in [0.15, 0.2) is 0 Å². The molecule has 108 valence electrons. The van der Waals surface area contributed by atoms with Crippen molar-refractivity contribution in [2.24, 2.45) is 0 Å². The van der Waals surface area contributed by atoms with Crippen molar-refractivity contribution in [3.8, 4) is 0 Å². The zero-order valence-electron chi connectivity index (χ0n) is 12.9. The lowest BCUT2D eigenvalue weighted by Gasteiger charge is -2.34. The van der Waals surface area contributed by atoms with Crippen LogP contribution in [0.4, 0.5) is 0 Å². The molecular formula is C17H35N. The summed E-state index contributed by atoms with van der Waals surface area (Å²) in [6, 6.07) is 0. The van der Waals surface area contributed by atoms with Gasteiger partial charge in [-0.25, -0.2) is 0 Å². The van der Waals surface area contributed by atoms with Crippen molar-refractivity contribution in [1.29, 1.82) is 0 Å². The van der Waals surface area contributed by atoms with Crippen LogP contribution in [0, 0.1) is 0 Å². The third-order valence-electron chi connectivity index (χ3n) is 4.77. The van der Waals surface area contributed by atoms with Gasteiger partial charge >= 0.3 is 0 Å². The smallest absolute Gasteiger partial charge is 0.0178 e. The Hall–Kier alpha value is -0.0400. The minimum Gasteiger partial charge on any atom is -0.311 e. The number of unbranched alkanes of at least 4 members (excludes halogenated alkanes) is 4. The molecule has 0 amide bonds. The third kappa shape index (κ3) is 6.22. The highest BCUT2D eigenvalue weighted by atomic mass is 15.0. The summed E-state index contributed by atoms with van der Waals surface area (Å²) in [4.78, 5) is 0. The Morgan fingerprint density at radius 1 is 0.833 bits per heavy atom. The fourth-order valence-corrected chi connectivity index (χ4v) is 3.32. The first-order valence-corrected chi connectivity index (χ1v) is 8.58. The van der Waals surface area contributed by atoms with Gasteiger partial charge in [0.1, 0.15) is 0 Å². The Bertz CT molecular complexity index is 178. The normalized spacial score (nSPS) is 26.3. The molecule has 0 radical (unpaired) electrons. The van der Waals surface area contributed by atoms with E-state index in [1.54, 1.807) is 0 Å². The molecule has 1 saturated heterocycles. The van der Waals surface area contributed by atoms with Gasteiger partial charge in [-0.2, -0.15) is 0 Å². The molecular weight excluding hydrogens is 218 g/mol. The molecule has 0 spiro atoms. The highest BCUT2D eigenvalue weighted by Gasteiger charge is 2.26. The Balaban J connectivity index is 2.32.